The lowest BCUT2D eigenvalue weighted by atomic mass is 10.2. The Balaban J connectivity index is 1.49. The standard InChI is InChI=1S/C21H22N4O4S/c1-13-5-4-6-18(11-13)28-12-19-24-25-21(29-19)30-14(2)20(27)23-17-9-7-16(8-10-17)22-15(3)26/h4-11,14H,12H2,1-3H3,(H,22,26)(H,23,27)/t14-/m0/s1. The molecule has 3 aromatic rings. The number of amides is 2. The molecule has 0 fully saturated rings. The van der Waals surface area contributed by atoms with Crippen LogP contribution in [0.15, 0.2) is 58.2 Å². The van der Waals surface area contributed by atoms with E-state index in [1.165, 1.54) is 6.92 Å². The molecule has 0 saturated carbocycles. The molecule has 1 atom stereocenters. The third-order valence-corrected chi connectivity index (χ3v) is 4.85. The number of ether oxygens (including phenoxy) is 1. The number of aryl methyl sites for hydroxylation is 1. The van der Waals surface area contributed by atoms with Crippen molar-refractivity contribution < 1.29 is 18.7 Å². The van der Waals surface area contributed by atoms with Crippen LogP contribution in [0, 0.1) is 6.92 Å². The van der Waals surface area contributed by atoms with Crippen molar-refractivity contribution in [3.8, 4) is 5.75 Å². The number of thioether (sulfide) groups is 1. The molecule has 0 saturated heterocycles. The Labute approximate surface area is 178 Å². The number of carbonyl (C=O) groups excluding carboxylic acids is 2. The third kappa shape index (κ3) is 6.35. The highest BCUT2D eigenvalue weighted by atomic mass is 32.2. The van der Waals surface area contributed by atoms with Gasteiger partial charge in [-0.05, 0) is 55.8 Å². The maximum atomic E-state index is 12.4. The fourth-order valence-electron chi connectivity index (χ4n) is 2.48. The summed E-state index contributed by atoms with van der Waals surface area (Å²) in [5, 5.41) is 13.2. The molecule has 8 nitrogen and oxygen atoms in total. The molecule has 9 heteroatoms. The summed E-state index contributed by atoms with van der Waals surface area (Å²) in [5.74, 6) is 0.697. The zero-order chi connectivity index (χ0) is 21.5. The van der Waals surface area contributed by atoms with E-state index in [4.69, 9.17) is 9.15 Å². The monoisotopic (exact) mass is 426 g/mol. The van der Waals surface area contributed by atoms with E-state index in [1.807, 2.05) is 31.2 Å². The average Bonchev–Trinajstić information content (AvgIpc) is 3.15. The molecule has 0 aliphatic heterocycles. The molecule has 1 aromatic heterocycles. The number of nitrogens with one attached hydrogen (secondary N) is 2. The minimum atomic E-state index is -0.453. The predicted molar refractivity (Wildman–Crippen MR) is 115 cm³/mol. The lowest BCUT2D eigenvalue weighted by molar-refractivity contribution is -0.115. The highest BCUT2D eigenvalue weighted by Crippen LogP contribution is 2.24. The number of anilines is 2. The van der Waals surface area contributed by atoms with Gasteiger partial charge in [-0.3, -0.25) is 9.59 Å². The fraction of sp³-hybridized carbons (Fsp3) is 0.238. The van der Waals surface area contributed by atoms with Crippen molar-refractivity contribution in [1.82, 2.24) is 10.2 Å². The summed E-state index contributed by atoms with van der Waals surface area (Å²) in [5.41, 5.74) is 2.38. The van der Waals surface area contributed by atoms with Gasteiger partial charge in [0, 0.05) is 18.3 Å². The second-order valence-electron chi connectivity index (χ2n) is 6.57. The highest BCUT2D eigenvalue weighted by Gasteiger charge is 2.18. The number of benzene rings is 2. The summed E-state index contributed by atoms with van der Waals surface area (Å²) in [7, 11) is 0. The summed E-state index contributed by atoms with van der Waals surface area (Å²) in [6, 6.07) is 14.5. The normalized spacial score (nSPS) is 11.6. The summed E-state index contributed by atoms with van der Waals surface area (Å²) in [4.78, 5) is 23.5. The number of aromatic nitrogens is 2. The van der Waals surface area contributed by atoms with Crippen LogP contribution >= 0.6 is 11.8 Å². The lowest BCUT2D eigenvalue weighted by Crippen LogP contribution is -2.22. The van der Waals surface area contributed by atoms with Gasteiger partial charge in [-0.1, -0.05) is 23.9 Å². The van der Waals surface area contributed by atoms with Crippen LogP contribution in [-0.4, -0.2) is 27.3 Å². The fourth-order valence-corrected chi connectivity index (χ4v) is 3.18. The third-order valence-electron chi connectivity index (χ3n) is 3.92. The Morgan fingerprint density at radius 1 is 1.10 bits per heavy atom. The SMILES string of the molecule is CC(=O)Nc1ccc(NC(=O)[C@H](C)Sc2nnc(COc3cccc(C)c3)o2)cc1. The first-order valence-electron chi connectivity index (χ1n) is 9.26. The van der Waals surface area contributed by atoms with Crippen LogP contribution in [0.4, 0.5) is 11.4 Å². The molecule has 156 valence electrons. The van der Waals surface area contributed by atoms with Crippen molar-refractivity contribution in [2.75, 3.05) is 10.6 Å². The first-order chi connectivity index (χ1) is 14.4. The Bertz CT molecular complexity index is 1020. The molecular weight excluding hydrogens is 404 g/mol. The molecule has 2 aromatic carbocycles. The molecule has 0 aliphatic carbocycles. The van der Waals surface area contributed by atoms with E-state index in [0.29, 0.717) is 22.5 Å². The van der Waals surface area contributed by atoms with E-state index in [-0.39, 0.29) is 18.4 Å². The van der Waals surface area contributed by atoms with Crippen LogP contribution in [0.2, 0.25) is 0 Å². The van der Waals surface area contributed by atoms with Crippen molar-refractivity contribution in [3.05, 3.63) is 60.0 Å². The quantitative estimate of drug-likeness (QED) is 0.524. The molecule has 0 radical (unpaired) electrons. The van der Waals surface area contributed by atoms with E-state index in [2.05, 4.69) is 20.8 Å². The predicted octanol–water partition coefficient (Wildman–Crippen LogP) is 4.03. The Hall–Kier alpha value is -3.33. The van der Waals surface area contributed by atoms with Crippen molar-refractivity contribution in [1.29, 1.82) is 0 Å². The van der Waals surface area contributed by atoms with E-state index in [1.54, 1.807) is 31.2 Å². The second-order valence-corrected chi connectivity index (χ2v) is 7.87. The molecule has 0 spiro atoms. The van der Waals surface area contributed by atoms with E-state index in [9.17, 15) is 9.59 Å². The number of hydrogen-bond acceptors (Lipinski definition) is 7. The zero-order valence-corrected chi connectivity index (χ0v) is 17.7. The summed E-state index contributed by atoms with van der Waals surface area (Å²) < 4.78 is 11.2. The van der Waals surface area contributed by atoms with E-state index < -0.39 is 5.25 Å². The summed E-state index contributed by atoms with van der Waals surface area (Å²) >= 11 is 1.16. The van der Waals surface area contributed by atoms with Crippen LogP contribution in [0.1, 0.15) is 25.3 Å². The van der Waals surface area contributed by atoms with Gasteiger partial charge < -0.3 is 19.8 Å². The van der Waals surface area contributed by atoms with Gasteiger partial charge in [0.2, 0.25) is 11.8 Å². The highest BCUT2D eigenvalue weighted by molar-refractivity contribution is 8.00. The second kappa shape index (κ2) is 9.93. The van der Waals surface area contributed by atoms with E-state index >= 15 is 0 Å². The molecule has 0 aliphatic rings. The van der Waals surface area contributed by atoms with Crippen molar-refractivity contribution >= 4 is 35.0 Å². The van der Waals surface area contributed by atoms with Gasteiger partial charge in [-0.2, -0.15) is 0 Å². The van der Waals surface area contributed by atoms with Crippen LogP contribution in [0.5, 0.6) is 5.75 Å². The van der Waals surface area contributed by atoms with Gasteiger partial charge in [-0.25, -0.2) is 0 Å². The van der Waals surface area contributed by atoms with Crippen molar-refractivity contribution in [3.63, 3.8) is 0 Å². The molecule has 2 amide bonds. The van der Waals surface area contributed by atoms with E-state index in [0.717, 1.165) is 23.1 Å². The first kappa shape index (κ1) is 21.4. The van der Waals surface area contributed by atoms with Gasteiger partial charge in [0.1, 0.15) is 5.75 Å². The molecule has 30 heavy (non-hydrogen) atoms. The van der Waals surface area contributed by atoms with Crippen molar-refractivity contribution in [2.24, 2.45) is 0 Å². The lowest BCUT2D eigenvalue weighted by Gasteiger charge is -2.10. The van der Waals surface area contributed by atoms with Gasteiger partial charge >= 0.3 is 0 Å². The molecule has 2 N–H and O–H groups in total. The van der Waals surface area contributed by atoms with Crippen LogP contribution < -0.4 is 15.4 Å². The average molecular weight is 426 g/mol. The topological polar surface area (TPSA) is 106 Å². The summed E-state index contributed by atoms with van der Waals surface area (Å²) in [6.07, 6.45) is 0. The number of hydrogen-bond donors (Lipinski definition) is 2. The maximum Gasteiger partial charge on any atom is 0.277 e. The van der Waals surface area contributed by atoms with Gasteiger partial charge in [0.25, 0.3) is 11.1 Å². The van der Waals surface area contributed by atoms with Gasteiger partial charge in [-0.15, -0.1) is 10.2 Å². The minimum absolute atomic E-state index is 0.151. The number of nitrogens with zero attached hydrogens (tertiary/aromatic N) is 2. The van der Waals surface area contributed by atoms with Crippen LogP contribution in [-0.2, 0) is 16.2 Å². The number of rotatable bonds is 8. The van der Waals surface area contributed by atoms with Gasteiger partial charge in [0.15, 0.2) is 6.61 Å². The minimum Gasteiger partial charge on any atom is -0.484 e. The van der Waals surface area contributed by atoms with Crippen molar-refractivity contribution in [2.45, 2.75) is 37.9 Å². The maximum absolute atomic E-state index is 12.4. The van der Waals surface area contributed by atoms with Crippen LogP contribution in [0.3, 0.4) is 0 Å². The molecule has 0 unspecified atom stereocenters. The first-order valence-corrected chi connectivity index (χ1v) is 10.1. The van der Waals surface area contributed by atoms with Crippen LogP contribution in [0.25, 0.3) is 0 Å². The number of carbonyl (C=O) groups is 2. The molecule has 0 bridgehead atoms. The Morgan fingerprint density at radius 2 is 1.80 bits per heavy atom. The Kier molecular flexibility index (Phi) is 7.08. The summed E-state index contributed by atoms with van der Waals surface area (Å²) in [6.45, 7) is 5.32. The molecule has 1 heterocycles. The largest absolute Gasteiger partial charge is 0.484 e. The molecular formula is C21H22N4O4S. The van der Waals surface area contributed by atoms with Gasteiger partial charge in [0.05, 0.1) is 5.25 Å². The smallest absolute Gasteiger partial charge is 0.277 e. The zero-order valence-electron chi connectivity index (χ0n) is 16.8. The Morgan fingerprint density at radius 3 is 2.47 bits per heavy atom. The molecule has 3 rings (SSSR count).